The molecule has 122 valence electrons. The van der Waals surface area contributed by atoms with Crippen LogP contribution in [-0.2, 0) is 13.8 Å². The van der Waals surface area contributed by atoms with Crippen LogP contribution in [0.1, 0.15) is 32.6 Å². The van der Waals surface area contributed by atoms with E-state index in [1.807, 2.05) is 4.90 Å². The van der Waals surface area contributed by atoms with E-state index in [1.165, 1.54) is 12.8 Å². The number of hydrogen-bond acceptors (Lipinski definition) is 4. The number of likely N-dealkylation sites (tertiary alicyclic amines) is 2. The van der Waals surface area contributed by atoms with E-state index in [0.717, 1.165) is 32.6 Å². The van der Waals surface area contributed by atoms with Crippen molar-refractivity contribution >= 4 is 25.6 Å². The molecule has 0 aromatic rings. The molecular formula is C14H25ClN2O3S. The molecule has 1 unspecified atom stereocenters. The van der Waals surface area contributed by atoms with Crippen molar-refractivity contribution < 1.29 is 13.2 Å². The molecule has 0 spiro atoms. The van der Waals surface area contributed by atoms with E-state index in [-0.39, 0.29) is 17.6 Å². The zero-order chi connectivity index (χ0) is 15.5. The Bertz CT molecular complexity index is 461. The maximum absolute atomic E-state index is 11.9. The van der Waals surface area contributed by atoms with Gasteiger partial charge in [0, 0.05) is 36.1 Å². The Morgan fingerprint density at radius 1 is 1.24 bits per heavy atom. The van der Waals surface area contributed by atoms with Crippen LogP contribution in [-0.4, -0.2) is 62.6 Å². The Hall–Kier alpha value is -0.330. The lowest BCUT2D eigenvalue weighted by molar-refractivity contribution is -0.127. The lowest BCUT2D eigenvalue weighted by Gasteiger charge is -2.31. The van der Waals surface area contributed by atoms with Crippen molar-refractivity contribution in [1.82, 2.24) is 9.80 Å². The minimum absolute atomic E-state index is 0.0753. The number of halogens is 1. The highest BCUT2D eigenvalue weighted by Gasteiger charge is 2.32. The summed E-state index contributed by atoms with van der Waals surface area (Å²) in [6.07, 6.45) is 3.76. The molecule has 2 fully saturated rings. The molecule has 0 bridgehead atoms. The second-order valence-corrected chi connectivity index (χ2v) is 9.10. The van der Waals surface area contributed by atoms with Crippen LogP contribution in [0.5, 0.6) is 0 Å². The first-order chi connectivity index (χ1) is 9.87. The van der Waals surface area contributed by atoms with E-state index in [2.05, 4.69) is 11.8 Å². The highest BCUT2D eigenvalue weighted by molar-refractivity contribution is 8.13. The van der Waals surface area contributed by atoms with Crippen LogP contribution in [0.2, 0.25) is 0 Å². The molecule has 7 heteroatoms. The molecular weight excluding hydrogens is 312 g/mol. The molecule has 0 saturated carbocycles. The molecule has 0 aromatic heterocycles. The molecule has 0 radical (unpaired) electrons. The molecule has 1 atom stereocenters. The number of rotatable bonds is 6. The van der Waals surface area contributed by atoms with E-state index in [9.17, 15) is 13.2 Å². The molecule has 2 aliphatic heterocycles. The summed E-state index contributed by atoms with van der Waals surface area (Å²) < 4.78 is 22.2. The van der Waals surface area contributed by atoms with Crippen LogP contribution in [0.15, 0.2) is 0 Å². The normalized spacial score (nSPS) is 25.7. The van der Waals surface area contributed by atoms with Gasteiger partial charge in [-0.3, -0.25) is 4.79 Å². The van der Waals surface area contributed by atoms with Gasteiger partial charge in [-0.1, -0.05) is 6.92 Å². The van der Waals surface area contributed by atoms with Crippen molar-refractivity contribution in [2.24, 2.45) is 11.8 Å². The van der Waals surface area contributed by atoms with E-state index >= 15 is 0 Å². The molecule has 0 N–H and O–H groups in total. The summed E-state index contributed by atoms with van der Waals surface area (Å²) in [6.45, 7) is 6.91. The average molecular weight is 337 g/mol. The number of piperidine rings is 1. The first-order valence-electron chi connectivity index (χ1n) is 7.80. The lowest BCUT2D eigenvalue weighted by Crippen LogP contribution is -2.35. The van der Waals surface area contributed by atoms with Gasteiger partial charge in [-0.25, -0.2) is 8.42 Å². The van der Waals surface area contributed by atoms with Gasteiger partial charge in [-0.15, -0.1) is 0 Å². The third kappa shape index (κ3) is 5.42. The van der Waals surface area contributed by atoms with Crippen LogP contribution < -0.4 is 0 Å². The smallest absolute Gasteiger partial charge is 0.232 e. The van der Waals surface area contributed by atoms with Crippen molar-refractivity contribution in [3.05, 3.63) is 0 Å². The monoisotopic (exact) mass is 336 g/mol. The molecule has 21 heavy (non-hydrogen) atoms. The summed E-state index contributed by atoms with van der Waals surface area (Å²) in [4.78, 5) is 16.2. The fourth-order valence-electron chi connectivity index (χ4n) is 3.39. The number of carbonyl (C=O) groups excluding carboxylic acids is 1. The zero-order valence-electron chi connectivity index (χ0n) is 12.6. The quantitative estimate of drug-likeness (QED) is 0.690. The first kappa shape index (κ1) is 17.0. The molecule has 5 nitrogen and oxygen atoms in total. The standard InChI is InChI=1S/C14H25ClN2O3S/c1-2-16-6-3-12(4-7-16)5-8-17-10-13(9-14(17)18)11-21(15,19)20/h12-13H,2-11H2,1H3. The second-order valence-electron chi connectivity index (χ2n) is 6.28. The number of nitrogens with zero attached hydrogens (tertiary/aromatic N) is 2. The zero-order valence-corrected chi connectivity index (χ0v) is 14.2. The Balaban J connectivity index is 1.73. The van der Waals surface area contributed by atoms with Gasteiger partial charge >= 0.3 is 0 Å². The van der Waals surface area contributed by atoms with Gasteiger partial charge < -0.3 is 9.80 Å². The van der Waals surface area contributed by atoms with E-state index in [4.69, 9.17) is 10.7 Å². The average Bonchev–Trinajstić information content (AvgIpc) is 2.74. The molecule has 2 heterocycles. The van der Waals surface area contributed by atoms with Crippen molar-refractivity contribution in [2.75, 3.05) is 38.5 Å². The maximum Gasteiger partial charge on any atom is 0.232 e. The summed E-state index contributed by atoms with van der Waals surface area (Å²) in [6, 6.07) is 0. The summed E-state index contributed by atoms with van der Waals surface area (Å²) in [7, 11) is 1.76. The number of hydrogen-bond donors (Lipinski definition) is 0. The molecule has 2 saturated heterocycles. The fraction of sp³-hybridized carbons (Fsp3) is 0.929. The van der Waals surface area contributed by atoms with Crippen molar-refractivity contribution in [2.45, 2.75) is 32.6 Å². The third-order valence-corrected chi connectivity index (χ3v) is 5.94. The molecule has 0 aromatic carbocycles. The summed E-state index contributed by atoms with van der Waals surface area (Å²) in [5.41, 5.74) is 0. The first-order valence-corrected chi connectivity index (χ1v) is 10.3. The van der Waals surface area contributed by atoms with Gasteiger partial charge in [-0.2, -0.15) is 0 Å². The Labute approximate surface area is 132 Å². The SMILES string of the molecule is CCN1CCC(CCN2CC(CS(=O)(=O)Cl)CC2=O)CC1. The topological polar surface area (TPSA) is 57.7 Å². The van der Waals surface area contributed by atoms with Crippen LogP contribution >= 0.6 is 10.7 Å². The summed E-state index contributed by atoms with van der Waals surface area (Å²) in [5.74, 6) is 0.538. The van der Waals surface area contributed by atoms with Gasteiger partial charge in [0.05, 0.1) is 5.75 Å². The molecule has 2 rings (SSSR count). The third-order valence-electron chi connectivity index (χ3n) is 4.69. The Kier molecular flexibility index (Phi) is 5.91. The lowest BCUT2D eigenvalue weighted by atomic mass is 9.93. The van der Waals surface area contributed by atoms with Gasteiger partial charge in [0.15, 0.2) is 0 Å². The Morgan fingerprint density at radius 2 is 1.90 bits per heavy atom. The van der Waals surface area contributed by atoms with E-state index < -0.39 is 9.05 Å². The van der Waals surface area contributed by atoms with E-state index in [0.29, 0.717) is 18.9 Å². The number of carbonyl (C=O) groups is 1. The van der Waals surface area contributed by atoms with Crippen molar-refractivity contribution in [3.63, 3.8) is 0 Å². The molecule has 0 aliphatic carbocycles. The van der Waals surface area contributed by atoms with Crippen molar-refractivity contribution in [3.8, 4) is 0 Å². The predicted molar refractivity (Wildman–Crippen MR) is 83.8 cm³/mol. The summed E-state index contributed by atoms with van der Waals surface area (Å²) >= 11 is 0. The number of amides is 1. The highest BCUT2D eigenvalue weighted by atomic mass is 35.7. The van der Waals surface area contributed by atoms with Crippen LogP contribution in [0, 0.1) is 11.8 Å². The fourth-order valence-corrected chi connectivity index (χ4v) is 4.71. The van der Waals surface area contributed by atoms with E-state index in [1.54, 1.807) is 0 Å². The van der Waals surface area contributed by atoms with Gasteiger partial charge in [-0.05, 0) is 44.8 Å². The minimum atomic E-state index is -3.51. The summed E-state index contributed by atoms with van der Waals surface area (Å²) in [5, 5.41) is 0. The van der Waals surface area contributed by atoms with Gasteiger partial charge in [0.2, 0.25) is 15.0 Å². The predicted octanol–water partition coefficient (Wildman–Crippen LogP) is 1.53. The van der Waals surface area contributed by atoms with Crippen LogP contribution in [0.4, 0.5) is 0 Å². The molecule has 1 amide bonds. The second kappa shape index (κ2) is 7.29. The van der Waals surface area contributed by atoms with Crippen LogP contribution in [0.3, 0.4) is 0 Å². The van der Waals surface area contributed by atoms with Gasteiger partial charge in [0.1, 0.15) is 0 Å². The minimum Gasteiger partial charge on any atom is -0.342 e. The Morgan fingerprint density at radius 3 is 2.48 bits per heavy atom. The maximum atomic E-state index is 11.9. The molecule has 2 aliphatic rings. The van der Waals surface area contributed by atoms with Crippen molar-refractivity contribution in [1.29, 1.82) is 0 Å². The highest BCUT2D eigenvalue weighted by Crippen LogP contribution is 2.24. The van der Waals surface area contributed by atoms with Gasteiger partial charge in [0.25, 0.3) is 0 Å². The van der Waals surface area contributed by atoms with Crippen LogP contribution in [0.25, 0.3) is 0 Å². The largest absolute Gasteiger partial charge is 0.342 e.